The van der Waals surface area contributed by atoms with Gasteiger partial charge in [0.25, 0.3) is 5.69 Å². The Balaban J connectivity index is 1.78. The molecule has 0 radical (unpaired) electrons. The zero-order valence-corrected chi connectivity index (χ0v) is 14.7. The maximum absolute atomic E-state index is 12.5. The van der Waals surface area contributed by atoms with E-state index in [4.69, 9.17) is 11.6 Å². The first-order valence-corrected chi connectivity index (χ1v) is 9.49. The molecule has 1 atom stereocenters. The van der Waals surface area contributed by atoms with Gasteiger partial charge >= 0.3 is 0 Å². The standard InChI is InChI=1S/C16H16ClN3O4S/c17-14-9-12(20(21)22)5-6-16(14)25(23,24)19-10-15-13-4-2-1-3-11(13)7-8-18-15/h1-6,9,15,18-19H,7-8,10H2. The van der Waals surface area contributed by atoms with Crippen molar-refractivity contribution in [3.8, 4) is 0 Å². The maximum atomic E-state index is 12.5. The minimum Gasteiger partial charge on any atom is -0.308 e. The summed E-state index contributed by atoms with van der Waals surface area (Å²) in [6, 6.07) is 11.0. The molecule has 1 aliphatic heterocycles. The van der Waals surface area contributed by atoms with E-state index >= 15 is 0 Å². The van der Waals surface area contributed by atoms with Crippen molar-refractivity contribution in [2.24, 2.45) is 0 Å². The molecule has 9 heteroatoms. The summed E-state index contributed by atoms with van der Waals surface area (Å²) >= 11 is 5.92. The van der Waals surface area contributed by atoms with Crippen LogP contribution in [0.2, 0.25) is 5.02 Å². The molecule has 1 heterocycles. The number of rotatable bonds is 5. The van der Waals surface area contributed by atoms with E-state index in [0.29, 0.717) is 0 Å². The summed E-state index contributed by atoms with van der Waals surface area (Å²) < 4.78 is 27.5. The molecule has 2 aromatic carbocycles. The Morgan fingerprint density at radius 2 is 2.04 bits per heavy atom. The summed E-state index contributed by atoms with van der Waals surface area (Å²) in [7, 11) is -3.88. The molecule has 0 aromatic heterocycles. The van der Waals surface area contributed by atoms with Crippen molar-refractivity contribution in [3.05, 3.63) is 68.7 Å². The molecular formula is C16H16ClN3O4S. The van der Waals surface area contributed by atoms with E-state index in [9.17, 15) is 18.5 Å². The number of fused-ring (bicyclic) bond motifs is 1. The lowest BCUT2D eigenvalue weighted by Crippen LogP contribution is -2.38. The van der Waals surface area contributed by atoms with Crippen molar-refractivity contribution >= 4 is 27.3 Å². The molecule has 3 rings (SSSR count). The van der Waals surface area contributed by atoms with Gasteiger partial charge in [0.2, 0.25) is 10.0 Å². The summed E-state index contributed by atoms with van der Waals surface area (Å²) in [6.07, 6.45) is 0.896. The van der Waals surface area contributed by atoms with E-state index < -0.39 is 14.9 Å². The average Bonchev–Trinajstić information content (AvgIpc) is 2.59. The SMILES string of the molecule is O=[N+]([O-])c1ccc(S(=O)(=O)NCC2NCCc3ccccc32)c(Cl)c1. The van der Waals surface area contributed by atoms with Crippen molar-refractivity contribution < 1.29 is 13.3 Å². The second-order valence-electron chi connectivity index (χ2n) is 5.68. The zero-order valence-electron chi connectivity index (χ0n) is 13.1. The van der Waals surface area contributed by atoms with Gasteiger partial charge in [-0.1, -0.05) is 35.9 Å². The summed E-state index contributed by atoms with van der Waals surface area (Å²) in [6.45, 7) is 0.925. The third-order valence-corrected chi connectivity index (χ3v) is 6.02. The molecule has 0 saturated carbocycles. The second-order valence-corrected chi connectivity index (χ2v) is 7.82. The van der Waals surface area contributed by atoms with Crippen molar-refractivity contribution in [1.82, 2.24) is 10.0 Å². The van der Waals surface area contributed by atoms with Crippen LogP contribution in [0.1, 0.15) is 17.2 Å². The number of halogens is 1. The van der Waals surface area contributed by atoms with Crippen LogP contribution in [0.25, 0.3) is 0 Å². The fourth-order valence-electron chi connectivity index (χ4n) is 2.87. The topological polar surface area (TPSA) is 101 Å². The fourth-order valence-corrected chi connectivity index (χ4v) is 4.45. The molecule has 132 valence electrons. The lowest BCUT2D eigenvalue weighted by molar-refractivity contribution is -0.384. The number of nitro benzene ring substituents is 1. The second kappa shape index (κ2) is 7.09. The van der Waals surface area contributed by atoms with E-state index in [2.05, 4.69) is 10.0 Å². The largest absolute Gasteiger partial charge is 0.308 e. The number of nitro groups is 1. The predicted molar refractivity (Wildman–Crippen MR) is 94.2 cm³/mol. The molecule has 0 spiro atoms. The Kier molecular flexibility index (Phi) is 5.05. The van der Waals surface area contributed by atoms with Gasteiger partial charge < -0.3 is 5.32 Å². The zero-order chi connectivity index (χ0) is 18.0. The Morgan fingerprint density at radius 1 is 1.28 bits per heavy atom. The molecule has 0 saturated heterocycles. The highest BCUT2D eigenvalue weighted by Gasteiger charge is 2.24. The van der Waals surface area contributed by atoms with Crippen LogP contribution in [0.15, 0.2) is 47.4 Å². The van der Waals surface area contributed by atoms with Crippen LogP contribution >= 0.6 is 11.6 Å². The van der Waals surface area contributed by atoms with E-state index in [1.54, 1.807) is 0 Å². The van der Waals surface area contributed by atoms with Gasteiger partial charge in [-0.25, -0.2) is 13.1 Å². The first-order chi connectivity index (χ1) is 11.9. The minimum atomic E-state index is -3.88. The summed E-state index contributed by atoms with van der Waals surface area (Å²) in [5.74, 6) is 0. The Morgan fingerprint density at radius 3 is 2.76 bits per heavy atom. The highest BCUT2D eigenvalue weighted by atomic mass is 35.5. The number of sulfonamides is 1. The number of benzene rings is 2. The molecule has 1 aliphatic rings. The fraction of sp³-hybridized carbons (Fsp3) is 0.250. The van der Waals surface area contributed by atoms with E-state index in [1.807, 2.05) is 24.3 Å². The third kappa shape index (κ3) is 3.82. The van der Waals surface area contributed by atoms with Gasteiger partial charge in [-0.05, 0) is 30.2 Å². The number of nitrogens with zero attached hydrogens (tertiary/aromatic N) is 1. The van der Waals surface area contributed by atoms with Crippen molar-refractivity contribution in [2.45, 2.75) is 17.4 Å². The number of hydrogen-bond donors (Lipinski definition) is 2. The first-order valence-electron chi connectivity index (χ1n) is 7.63. The molecular weight excluding hydrogens is 366 g/mol. The van der Waals surface area contributed by atoms with Crippen LogP contribution in [-0.4, -0.2) is 26.4 Å². The molecule has 0 amide bonds. The maximum Gasteiger partial charge on any atom is 0.271 e. The van der Waals surface area contributed by atoms with Crippen LogP contribution in [0.3, 0.4) is 0 Å². The highest BCUT2D eigenvalue weighted by molar-refractivity contribution is 7.89. The van der Waals surface area contributed by atoms with Gasteiger partial charge in [0.05, 0.1) is 9.95 Å². The van der Waals surface area contributed by atoms with Crippen LogP contribution in [-0.2, 0) is 16.4 Å². The van der Waals surface area contributed by atoms with Crippen LogP contribution in [0.4, 0.5) is 5.69 Å². The van der Waals surface area contributed by atoms with Gasteiger partial charge in [0.15, 0.2) is 0 Å². The minimum absolute atomic E-state index is 0.142. The Hall–Kier alpha value is -2.00. The highest BCUT2D eigenvalue weighted by Crippen LogP contribution is 2.27. The molecule has 0 aliphatic carbocycles. The predicted octanol–water partition coefficient (Wildman–Crippen LogP) is 2.41. The van der Waals surface area contributed by atoms with Crippen LogP contribution < -0.4 is 10.0 Å². The smallest absolute Gasteiger partial charge is 0.271 e. The van der Waals surface area contributed by atoms with Crippen LogP contribution in [0.5, 0.6) is 0 Å². The van der Waals surface area contributed by atoms with Gasteiger partial charge in [0, 0.05) is 24.7 Å². The Labute approximate surface area is 150 Å². The molecule has 0 fully saturated rings. The molecule has 1 unspecified atom stereocenters. The van der Waals surface area contributed by atoms with Gasteiger partial charge in [-0.15, -0.1) is 0 Å². The molecule has 25 heavy (non-hydrogen) atoms. The van der Waals surface area contributed by atoms with Crippen molar-refractivity contribution in [3.63, 3.8) is 0 Å². The van der Waals surface area contributed by atoms with E-state index in [-0.39, 0.29) is 28.2 Å². The summed E-state index contributed by atoms with van der Waals surface area (Å²) in [5.41, 5.74) is 2.00. The van der Waals surface area contributed by atoms with Crippen molar-refractivity contribution in [2.75, 3.05) is 13.1 Å². The molecule has 7 nitrogen and oxygen atoms in total. The normalized spacial score (nSPS) is 17.1. The Bertz CT molecular complexity index is 917. The molecule has 0 bridgehead atoms. The average molecular weight is 382 g/mol. The van der Waals surface area contributed by atoms with E-state index in [1.165, 1.54) is 5.56 Å². The van der Waals surface area contributed by atoms with Crippen LogP contribution in [0, 0.1) is 10.1 Å². The monoisotopic (exact) mass is 381 g/mol. The summed E-state index contributed by atoms with van der Waals surface area (Å²) in [5, 5.41) is 13.8. The summed E-state index contributed by atoms with van der Waals surface area (Å²) in [4.78, 5) is 9.93. The molecule has 2 aromatic rings. The van der Waals surface area contributed by atoms with Gasteiger partial charge in [0.1, 0.15) is 4.90 Å². The third-order valence-electron chi connectivity index (χ3n) is 4.11. The van der Waals surface area contributed by atoms with Gasteiger partial charge in [-0.3, -0.25) is 10.1 Å². The number of nitrogens with one attached hydrogen (secondary N) is 2. The molecule has 2 N–H and O–H groups in total. The van der Waals surface area contributed by atoms with Crippen molar-refractivity contribution in [1.29, 1.82) is 0 Å². The lowest BCUT2D eigenvalue weighted by Gasteiger charge is -2.27. The lowest BCUT2D eigenvalue weighted by atomic mass is 9.95. The number of hydrogen-bond acceptors (Lipinski definition) is 5. The first kappa shape index (κ1) is 17.8. The number of non-ortho nitro benzene ring substituents is 1. The quantitative estimate of drug-likeness (QED) is 0.611. The van der Waals surface area contributed by atoms with E-state index in [0.717, 1.165) is 36.7 Å². The van der Waals surface area contributed by atoms with Gasteiger partial charge in [-0.2, -0.15) is 0 Å².